The van der Waals surface area contributed by atoms with Gasteiger partial charge in [-0.2, -0.15) is 0 Å². The van der Waals surface area contributed by atoms with Crippen molar-refractivity contribution >= 4 is 33.0 Å². The van der Waals surface area contributed by atoms with Crippen LogP contribution in [0.1, 0.15) is 17.3 Å². The zero-order chi connectivity index (χ0) is 19.5. The van der Waals surface area contributed by atoms with Gasteiger partial charge in [-0.1, -0.05) is 51.4 Å². The van der Waals surface area contributed by atoms with Crippen molar-refractivity contribution in [3.8, 4) is 11.3 Å². The summed E-state index contributed by atoms with van der Waals surface area (Å²) in [7, 11) is 0. The van der Waals surface area contributed by atoms with E-state index in [4.69, 9.17) is 4.52 Å². The highest BCUT2D eigenvalue weighted by Gasteiger charge is 2.22. The van der Waals surface area contributed by atoms with Crippen LogP contribution in [0.5, 0.6) is 0 Å². The average Bonchev–Trinajstić information content (AvgIpc) is 3.11. The number of rotatable bonds is 5. The van der Waals surface area contributed by atoms with Gasteiger partial charge in [0.05, 0.1) is 6.04 Å². The van der Waals surface area contributed by atoms with Crippen LogP contribution in [0.4, 0.5) is 4.79 Å². The molecule has 1 atom stereocenters. The third kappa shape index (κ3) is 3.75. The number of nitrogens with one attached hydrogen (secondary N) is 1. The molecule has 0 unspecified atom stereocenters. The van der Waals surface area contributed by atoms with Gasteiger partial charge in [0.1, 0.15) is 5.69 Å². The molecule has 0 fully saturated rings. The maximum Gasteiger partial charge on any atom is 0.405 e. The van der Waals surface area contributed by atoms with Crippen LogP contribution in [0, 0.1) is 0 Å². The molecule has 2 aromatic carbocycles. The molecular weight excluding hydrogens is 422 g/mol. The molecule has 0 aliphatic heterocycles. The van der Waals surface area contributed by atoms with Gasteiger partial charge in [0.25, 0.3) is 0 Å². The fraction of sp³-hybridized carbons (Fsp3) is 0.0952. The lowest BCUT2D eigenvalue weighted by Crippen LogP contribution is -2.29. The third-order valence-corrected chi connectivity index (χ3v) is 4.96. The van der Waals surface area contributed by atoms with Crippen LogP contribution >= 0.6 is 15.9 Å². The first-order valence-corrected chi connectivity index (χ1v) is 9.45. The van der Waals surface area contributed by atoms with Crippen molar-refractivity contribution in [1.82, 2.24) is 15.5 Å². The molecule has 2 aromatic heterocycles. The summed E-state index contributed by atoms with van der Waals surface area (Å²) in [6, 6.07) is 18.4. The van der Waals surface area contributed by atoms with Crippen molar-refractivity contribution in [3.63, 3.8) is 0 Å². The lowest BCUT2D eigenvalue weighted by atomic mass is 9.93. The minimum atomic E-state index is -1.09. The second-order valence-corrected chi connectivity index (χ2v) is 7.20. The van der Waals surface area contributed by atoms with E-state index >= 15 is 0 Å². The predicted octanol–water partition coefficient (Wildman–Crippen LogP) is 5.20. The molecule has 4 aromatic rings. The van der Waals surface area contributed by atoms with Crippen molar-refractivity contribution < 1.29 is 14.4 Å². The topological polar surface area (TPSA) is 88.2 Å². The Kier molecular flexibility index (Phi) is 5.08. The van der Waals surface area contributed by atoms with Crippen LogP contribution in [0.2, 0.25) is 0 Å². The lowest BCUT2D eigenvalue weighted by Gasteiger charge is -2.20. The van der Waals surface area contributed by atoms with Gasteiger partial charge < -0.3 is 14.9 Å². The SMILES string of the molecule is O=C(O)N[C@@H](Cc1ccccn1)c1ccccc1-c1noc2cc(Br)ccc12. The summed E-state index contributed by atoms with van der Waals surface area (Å²) in [5.41, 5.74) is 3.76. The summed E-state index contributed by atoms with van der Waals surface area (Å²) in [5.74, 6) is 0. The Labute approximate surface area is 169 Å². The summed E-state index contributed by atoms with van der Waals surface area (Å²) in [4.78, 5) is 15.8. The van der Waals surface area contributed by atoms with Crippen LogP contribution in [0.25, 0.3) is 22.2 Å². The van der Waals surface area contributed by atoms with Crippen molar-refractivity contribution in [2.45, 2.75) is 12.5 Å². The largest absolute Gasteiger partial charge is 0.465 e. The molecule has 0 spiro atoms. The normalized spacial score (nSPS) is 12.0. The first kappa shape index (κ1) is 18.2. The lowest BCUT2D eigenvalue weighted by molar-refractivity contribution is 0.190. The Balaban J connectivity index is 1.80. The van der Waals surface area contributed by atoms with Gasteiger partial charge in [-0.25, -0.2) is 4.79 Å². The molecule has 1 amide bonds. The second-order valence-electron chi connectivity index (χ2n) is 6.29. The fourth-order valence-corrected chi connectivity index (χ4v) is 3.58. The molecule has 28 heavy (non-hydrogen) atoms. The molecule has 0 radical (unpaired) electrons. The fourth-order valence-electron chi connectivity index (χ4n) is 3.24. The van der Waals surface area contributed by atoms with Crippen LogP contribution in [-0.4, -0.2) is 21.3 Å². The van der Waals surface area contributed by atoms with Crippen molar-refractivity contribution in [3.05, 3.63) is 82.6 Å². The molecule has 2 N–H and O–H groups in total. The minimum absolute atomic E-state index is 0.422. The second kappa shape index (κ2) is 7.82. The monoisotopic (exact) mass is 437 g/mol. The molecule has 4 rings (SSSR count). The van der Waals surface area contributed by atoms with Gasteiger partial charge in [0, 0.05) is 33.7 Å². The highest BCUT2D eigenvalue weighted by molar-refractivity contribution is 9.10. The number of hydrogen-bond acceptors (Lipinski definition) is 4. The number of benzene rings is 2. The molecule has 0 aliphatic carbocycles. The van der Waals surface area contributed by atoms with Crippen molar-refractivity contribution in [2.75, 3.05) is 0 Å². The molecule has 0 saturated heterocycles. The quantitative estimate of drug-likeness (QED) is 0.447. The summed E-state index contributed by atoms with van der Waals surface area (Å²) in [6.45, 7) is 0. The number of hydrogen-bond donors (Lipinski definition) is 2. The van der Waals surface area contributed by atoms with E-state index in [9.17, 15) is 9.90 Å². The van der Waals surface area contributed by atoms with E-state index in [2.05, 4.69) is 31.4 Å². The standard InChI is InChI=1S/C21H16BrN3O3/c22-13-8-9-17-19(11-13)28-25-20(17)16-7-2-1-6-15(16)18(24-21(26)27)12-14-5-3-4-10-23-14/h1-11,18,24H,12H2,(H,26,27)/t18-/m0/s1. The Morgan fingerprint density at radius 3 is 2.75 bits per heavy atom. The van der Waals surface area contributed by atoms with Gasteiger partial charge in [0.2, 0.25) is 0 Å². The molecule has 0 bridgehead atoms. The molecule has 140 valence electrons. The number of aromatic nitrogens is 2. The molecular formula is C21H16BrN3O3. The maximum absolute atomic E-state index is 11.5. The smallest absolute Gasteiger partial charge is 0.405 e. The molecule has 0 aliphatic rings. The Hall–Kier alpha value is -3.19. The van der Waals surface area contributed by atoms with E-state index in [1.165, 1.54) is 0 Å². The van der Waals surface area contributed by atoms with Crippen LogP contribution in [-0.2, 0) is 6.42 Å². The number of halogens is 1. The first-order chi connectivity index (χ1) is 13.6. The minimum Gasteiger partial charge on any atom is -0.465 e. The Morgan fingerprint density at radius 1 is 1.14 bits per heavy atom. The van der Waals surface area contributed by atoms with Gasteiger partial charge in [-0.05, 0) is 35.9 Å². The van der Waals surface area contributed by atoms with Crippen molar-refractivity contribution in [1.29, 1.82) is 0 Å². The van der Waals surface area contributed by atoms with Crippen molar-refractivity contribution in [2.24, 2.45) is 0 Å². The van der Waals surface area contributed by atoms with Gasteiger partial charge >= 0.3 is 6.09 Å². The van der Waals surface area contributed by atoms with E-state index < -0.39 is 12.1 Å². The zero-order valence-electron chi connectivity index (χ0n) is 14.7. The van der Waals surface area contributed by atoms with E-state index in [-0.39, 0.29) is 0 Å². The van der Waals surface area contributed by atoms with Crippen LogP contribution in [0.15, 0.2) is 75.9 Å². The first-order valence-electron chi connectivity index (χ1n) is 8.65. The zero-order valence-corrected chi connectivity index (χ0v) is 16.3. The van der Waals surface area contributed by atoms with E-state index in [1.54, 1.807) is 6.20 Å². The third-order valence-electron chi connectivity index (χ3n) is 4.46. The number of pyridine rings is 1. The summed E-state index contributed by atoms with van der Waals surface area (Å²) in [5, 5.41) is 17.1. The highest BCUT2D eigenvalue weighted by Crippen LogP contribution is 2.34. The molecule has 7 heteroatoms. The summed E-state index contributed by atoms with van der Waals surface area (Å²) in [6.07, 6.45) is 1.03. The Bertz CT molecular complexity index is 1130. The number of fused-ring (bicyclic) bond motifs is 1. The molecule has 0 saturated carbocycles. The van der Waals surface area contributed by atoms with Crippen LogP contribution < -0.4 is 5.32 Å². The number of amides is 1. The Morgan fingerprint density at radius 2 is 1.96 bits per heavy atom. The van der Waals surface area contributed by atoms with E-state index in [0.29, 0.717) is 17.7 Å². The summed E-state index contributed by atoms with van der Waals surface area (Å²) < 4.78 is 6.39. The number of carboxylic acid groups (broad SMARTS) is 1. The van der Waals surface area contributed by atoms with E-state index in [0.717, 1.165) is 26.7 Å². The highest BCUT2D eigenvalue weighted by atomic mass is 79.9. The van der Waals surface area contributed by atoms with E-state index in [1.807, 2.05) is 60.7 Å². The van der Waals surface area contributed by atoms with Gasteiger partial charge in [0.15, 0.2) is 5.58 Å². The molecule has 2 heterocycles. The number of nitrogens with zero attached hydrogens (tertiary/aromatic N) is 2. The number of carbonyl (C=O) groups is 1. The van der Waals surface area contributed by atoms with Gasteiger partial charge in [-0.3, -0.25) is 4.98 Å². The predicted molar refractivity (Wildman–Crippen MR) is 109 cm³/mol. The van der Waals surface area contributed by atoms with Gasteiger partial charge in [-0.15, -0.1) is 0 Å². The average molecular weight is 438 g/mol. The summed E-state index contributed by atoms with van der Waals surface area (Å²) >= 11 is 3.43. The van der Waals surface area contributed by atoms with Crippen LogP contribution in [0.3, 0.4) is 0 Å². The maximum atomic E-state index is 11.5. The molecule has 6 nitrogen and oxygen atoms in total.